The molecule has 6 nitrogen and oxygen atoms in total. The number of rotatable bonds is 7. The fraction of sp³-hybridized carbons (Fsp3) is 0.750. The van der Waals surface area contributed by atoms with Gasteiger partial charge in [0.15, 0.2) is 0 Å². The molecular weight excluding hydrogens is 299 g/mol. The molecule has 1 fully saturated rings. The van der Waals surface area contributed by atoms with Crippen LogP contribution in [0.5, 0.6) is 0 Å². The number of carbonyl (C=O) groups excluding carboxylic acids is 1. The van der Waals surface area contributed by atoms with Crippen LogP contribution in [0.15, 0.2) is 12.4 Å². The van der Waals surface area contributed by atoms with E-state index < -0.39 is 6.17 Å². The number of hydrogen-bond donors (Lipinski definition) is 0. The first-order valence-electron chi connectivity index (χ1n) is 8.01. The van der Waals surface area contributed by atoms with Crippen molar-refractivity contribution in [1.82, 2.24) is 19.4 Å². The van der Waals surface area contributed by atoms with E-state index >= 15 is 0 Å². The van der Waals surface area contributed by atoms with Crippen LogP contribution in [0, 0.1) is 0 Å². The SMILES string of the molecule is COC(C)CC(=O)N(C)C[C@@H]1C[C@H](F)CN1Cc1nccn1C. The molecule has 7 heteroatoms. The molecule has 3 atom stereocenters. The van der Waals surface area contributed by atoms with Crippen LogP contribution in [0.1, 0.15) is 25.6 Å². The molecule has 0 N–H and O–H groups in total. The summed E-state index contributed by atoms with van der Waals surface area (Å²) in [5.74, 6) is 0.935. The number of halogens is 1. The summed E-state index contributed by atoms with van der Waals surface area (Å²) in [5.41, 5.74) is 0. The Bertz CT molecular complexity index is 522. The van der Waals surface area contributed by atoms with Gasteiger partial charge < -0.3 is 14.2 Å². The Labute approximate surface area is 137 Å². The standard InChI is InChI=1S/C16H27FN4O2/c1-12(23-4)7-16(22)20(3)10-14-8-13(17)9-21(14)11-15-18-5-6-19(15)2/h5-6,12-14H,7-11H2,1-4H3/t12?,13-,14-/m0/s1. The Hall–Kier alpha value is -1.47. The quantitative estimate of drug-likeness (QED) is 0.756. The Kier molecular flexibility index (Phi) is 6.12. The van der Waals surface area contributed by atoms with Gasteiger partial charge in [-0.25, -0.2) is 9.37 Å². The van der Waals surface area contributed by atoms with Crippen molar-refractivity contribution in [2.24, 2.45) is 7.05 Å². The Morgan fingerprint density at radius 3 is 2.96 bits per heavy atom. The zero-order valence-electron chi connectivity index (χ0n) is 14.4. The molecule has 1 unspecified atom stereocenters. The summed E-state index contributed by atoms with van der Waals surface area (Å²) in [4.78, 5) is 20.2. The molecule has 23 heavy (non-hydrogen) atoms. The first-order valence-corrected chi connectivity index (χ1v) is 8.01. The number of alkyl halides is 1. The summed E-state index contributed by atoms with van der Waals surface area (Å²) < 4.78 is 21.0. The van der Waals surface area contributed by atoms with Crippen LogP contribution >= 0.6 is 0 Å². The van der Waals surface area contributed by atoms with Gasteiger partial charge in [0.2, 0.25) is 5.91 Å². The average Bonchev–Trinajstić information content (AvgIpc) is 3.05. The van der Waals surface area contributed by atoms with Crippen LogP contribution in [0.25, 0.3) is 0 Å². The van der Waals surface area contributed by atoms with Crippen LogP contribution in [-0.4, -0.2) is 70.8 Å². The van der Waals surface area contributed by atoms with Gasteiger partial charge in [-0.05, 0) is 13.3 Å². The number of aryl methyl sites for hydroxylation is 1. The highest BCUT2D eigenvalue weighted by Crippen LogP contribution is 2.23. The smallest absolute Gasteiger partial charge is 0.224 e. The molecule has 0 saturated carbocycles. The third-order valence-electron chi connectivity index (χ3n) is 4.52. The second-order valence-electron chi connectivity index (χ2n) is 6.40. The van der Waals surface area contributed by atoms with Gasteiger partial charge in [-0.1, -0.05) is 0 Å². The topological polar surface area (TPSA) is 50.6 Å². The maximum atomic E-state index is 13.9. The van der Waals surface area contributed by atoms with Crippen molar-refractivity contribution in [2.45, 2.75) is 44.6 Å². The van der Waals surface area contributed by atoms with Crippen molar-refractivity contribution >= 4 is 5.91 Å². The minimum Gasteiger partial charge on any atom is -0.381 e. The first-order chi connectivity index (χ1) is 10.9. The lowest BCUT2D eigenvalue weighted by Crippen LogP contribution is -2.41. The maximum Gasteiger partial charge on any atom is 0.224 e. The molecule has 0 bridgehead atoms. The highest BCUT2D eigenvalue weighted by molar-refractivity contribution is 5.76. The predicted molar refractivity (Wildman–Crippen MR) is 85.6 cm³/mol. The van der Waals surface area contributed by atoms with Crippen LogP contribution in [0.4, 0.5) is 4.39 Å². The average molecular weight is 326 g/mol. The van der Waals surface area contributed by atoms with Gasteiger partial charge in [-0.2, -0.15) is 0 Å². The Morgan fingerprint density at radius 1 is 1.61 bits per heavy atom. The van der Waals surface area contributed by atoms with Crippen molar-refractivity contribution in [3.05, 3.63) is 18.2 Å². The summed E-state index contributed by atoms with van der Waals surface area (Å²) in [7, 11) is 5.30. The number of imidazole rings is 1. The fourth-order valence-electron chi connectivity index (χ4n) is 2.94. The molecule has 1 aromatic heterocycles. The normalized spacial score (nSPS) is 23.2. The van der Waals surface area contributed by atoms with Crippen molar-refractivity contribution in [2.75, 3.05) is 27.2 Å². The first kappa shape index (κ1) is 17.9. The molecule has 1 aliphatic rings. The van der Waals surface area contributed by atoms with Crippen molar-refractivity contribution in [1.29, 1.82) is 0 Å². The zero-order valence-corrected chi connectivity index (χ0v) is 14.4. The largest absolute Gasteiger partial charge is 0.381 e. The zero-order chi connectivity index (χ0) is 17.0. The van der Waals surface area contributed by atoms with Gasteiger partial charge in [0.25, 0.3) is 0 Å². The van der Waals surface area contributed by atoms with Crippen molar-refractivity contribution < 1.29 is 13.9 Å². The minimum atomic E-state index is -0.846. The van der Waals surface area contributed by atoms with E-state index in [0.29, 0.717) is 32.5 Å². The molecule has 130 valence electrons. The maximum absolute atomic E-state index is 13.9. The van der Waals surface area contributed by atoms with E-state index in [1.54, 1.807) is 25.3 Å². The number of hydrogen-bond acceptors (Lipinski definition) is 4. The van der Waals surface area contributed by atoms with E-state index in [2.05, 4.69) is 9.88 Å². The third kappa shape index (κ3) is 4.75. The summed E-state index contributed by atoms with van der Waals surface area (Å²) in [6, 6.07) is 0.0218. The lowest BCUT2D eigenvalue weighted by Gasteiger charge is -2.28. The molecule has 0 radical (unpaired) electrons. The summed E-state index contributed by atoms with van der Waals surface area (Å²) in [6.07, 6.45) is 3.48. The summed E-state index contributed by atoms with van der Waals surface area (Å²) in [5, 5.41) is 0. The molecule has 0 aliphatic carbocycles. The number of amides is 1. The molecule has 1 aliphatic heterocycles. The van der Waals surface area contributed by atoms with E-state index in [1.165, 1.54) is 0 Å². The van der Waals surface area contributed by atoms with Gasteiger partial charge >= 0.3 is 0 Å². The molecule has 0 aromatic carbocycles. The molecule has 2 rings (SSSR count). The number of ether oxygens (including phenoxy) is 1. The lowest BCUT2D eigenvalue weighted by molar-refractivity contribution is -0.132. The van der Waals surface area contributed by atoms with E-state index in [-0.39, 0.29) is 18.1 Å². The minimum absolute atomic E-state index is 0.0218. The second-order valence-corrected chi connectivity index (χ2v) is 6.40. The number of methoxy groups -OCH3 is 1. The van der Waals surface area contributed by atoms with E-state index in [1.807, 2.05) is 24.7 Å². The molecule has 1 aromatic rings. The van der Waals surface area contributed by atoms with E-state index in [4.69, 9.17) is 4.74 Å². The lowest BCUT2D eigenvalue weighted by atomic mass is 10.2. The molecule has 1 amide bonds. The monoisotopic (exact) mass is 326 g/mol. The highest BCUT2D eigenvalue weighted by Gasteiger charge is 2.34. The van der Waals surface area contributed by atoms with Crippen LogP contribution in [-0.2, 0) is 23.1 Å². The number of likely N-dealkylation sites (N-methyl/N-ethyl adjacent to an activating group) is 1. The third-order valence-corrected chi connectivity index (χ3v) is 4.52. The highest BCUT2D eigenvalue weighted by atomic mass is 19.1. The summed E-state index contributed by atoms with van der Waals surface area (Å²) in [6.45, 7) is 3.39. The van der Waals surface area contributed by atoms with Gasteiger partial charge in [0.1, 0.15) is 12.0 Å². The van der Waals surface area contributed by atoms with Crippen LogP contribution < -0.4 is 0 Å². The van der Waals surface area contributed by atoms with Gasteiger partial charge in [-0.15, -0.1) is 0 Å². The Morgan fingerprint density at radius 2 is 2.35 bits per heavy atom. The van der Waals surface area contributed by atoms with Crippen LogP contribution in [0.3, 0.4) is 0 Å². The number of aromatic nitrogens is 2. The van der Waals surface area contributed by atoms with Crippen LogP contribution in [0.2, 0.25) is 0 Å². The van der Waals surface area contributed by atoms with E-state index in [9.17, 15) is 9.18 Å². The number of carbonyl (C=O) groups is 1. The second kappa shape index (κ2) is 7.88. The molecular formula is C16H27FN4O2. The molecule has 1 saturated heterocycles. The number of nitrogens with zero attached hydrogens (tertiary/aromatic N) is 4. The van der Waals surface area contributed by atoms with E-state index in [0.717, 1.165) is 5.82 Å². The van der Waals surface area contributed by atoms with Gasteiger partial charge in [0.05, 0.1) is 19.1 Å². The van der Waals surface area contributed by atoms with Crippen molar-refractivity contribution in [3.8, 4) is 0 Å². The van der Waals surface area contributed by atoms with Gasteiger partial charge in [0, 0.05) is 52.7 Å². The molecule has 0 spiro atoms. The Balaban J connectivity index is 1.94. The van der Waals surface area contributed by atoms with Crippen molar-refractivity contribution in [3.63, 3.8) is 0 Å². The predicted octanol–water partition coefficient (Wildman–Crippen LogP) is 1.22. The summed E-state index contributed by atoms with van der Waals surface area (Å²) >= 11 is 0. The molecule has 2 heterocycles. The fourth-order valence-corrected chi connectivity index (χ4v) is 2.94. The number of likely N-dealkylation sites (tertiary alicyclic amines) is 1. The van der Waals surface area contributed by atoms with Gasteiger partial charge in [-0.3, -0.25) is 9.69 Å².